The lowest BCUT2D eigenvalue weighted by atomic mass is 9.95. The van der Waals surface area contributed by atoms with Crippen molar-refractivity contribution in [1.82, 2.24) is 4.90 Å². The summed E-state index contributed by atoms with van der Waals surface area (Å²) in [6.45, 7) is 4.64. The third-order valence-corrected chi connectivity index (χ3v) is 3.76. The molecule has 1 unspecified atom stereocenters. The van der Waals surface area contributed by atoms with E-state index in [0.717, 1.165) is 5.69 Å². The first kappa shape index (κ1) is 13.1. The van der Waals surface area contributed by atoms with Crippen LogP contribution in [0, 0.1) is 0 Å². The van der Waals surface area contributed by atoms with Crippen molar-refractivity contribution in [3.05, 3.63) is 30.3 Å². The van der Waals surface area contributed by atoms with Crippen LogP contribution in [0.1, 0.15) is 13.8 Å². The Morgan fingerprint density at radius 1 is 1.33 bits per heavy atom. The van der Waals surface area contributed by atoms with Crippen molar-refractivity contribution in [1.29, 1.82) is 0 Å². The average Bonchev–Trinajstić information content (AvgIpc) is 2.36. The molecular formula is C14H20N2O2. The molecule has 98 valence electrons. The van der Waals surface area contributed by atoms with Crippen molar-refractivity contribution in [2.45, 2.75) is 25.4 Å². The van der Waals surface area contributed by atoms with Gasteiger partial charge >= 0.3 is 0 Å². The monoisotopic (exact) mass is 248 g/mol. The molecule has 1 N–H and O–H groups in total. The summed E-state index contributed by atoms with van der Waals surface area (Å²) in [5.41, 5.74) is 0.735. The molecule has 18 heavy (non-hydrogen) atoms. The summed E-state index contributed by atoms with van der Waals surface area (Å²) in [7, 11) is 1.89. The summed E-state index contributed by atoms with van der Waals surface area (Å²) in [5.74, 6) is -0.0366. The second kappa shape index (κ2) is 4.71. The van der Waals surface area contributed by atoms with E-state index in [2.05, 4.69) is 13.8 Å². The Kier molecular flexibility index (Phi) is 3.41. The molecule has 1 atom stereocenters. The number of para-hydroxylation sites is 1. The summed E-state index contributed by atoms with van der Waals surface area (Å²) in [6, 6.07) is 9.15. The van der Waals surface area contributed by atoms with Crippen LogP contribution in [0.4, 0.5) is 5.69 Å². The molecule has 1 aliphatic heterocycles. The molecule has 0 radical (unpaired) electrons. The number of carbonyl (C=O) groups excluding carboxylic acids is 1. The minimum absolute atomic E-state index is 0.0366. The molecule has 1 aromatic rings. The van der Waals surface area contributed by atoms with Crippen LogP contribution in [0.2, 0.25) is 0 Å². The van der Waals surface area contributed by atoms with E-state index in [4.69, 9.17) is 0 Å². The maximum Gasteiger partial charge on any atom is 0.246 e. The van der Waals surface area contributed by atoms with E-state index < -0.39 is 6.04 Å². The molecular weight excluding hydrogens is 228 g/mol. The van der Waals surface area contributed by atoms with E-state index in [-0.39, 0.29) is 18.1 Å². The molecule has 0 bridgehead atoms. The number of benzene rings is 1. The summed E-state index contributed by atoms with van der Waals surface area (Å²) in [5, 5.41) is 9.44. The Morgan fingerprint density at radius 2 is 1.94 bits per heavy atom. The van der Waals surface area contributed by atoms with Crippen molar-refractivity contribution >= 4 is 11.6 Å². The lowest BCUT2D eigenvalue weighted by Gasteiger charge is -2.48. The van der Waals surface area contributed by atoms with E-state index >= 15 is 0 Å². The number of aliphatic hydroxyl groups excluding tert-OH is 1. The number of piperazine rings is 1. The molecule has 0 saturated carbocycles. The van der Waals surface area contributed by atoms with E-state index in [1.54, 1.807) is 4.90 Å². The number of likely N-dealkylation sites (N-methyl/N-ethyl adjacent to an activating group) is 1. The van der Waals surface area contributed by atoms with Gasteiger partial charge in [-0.3, -0.25) is 9.69 Å². The van der Waals surface area contributed by atoms with Crippen LogP contribution in [0.3, 0.4) is 0 Å². The van der Waals surface area contributed by atoms with Crippen LogP contribution in [-0.2, 0) is 4.79 Å². The highest BCUT2D eigenvalue weighted by molar-refractivity contribution is 5.98. The fourth-order valence-corrected chi connectivity index (χ4v) is 2.37. The van der Waals surface area contributed by atoms with Gasteiger partial charge in [-0.1, -0.05) is 18.2 Å². The van der Waals surface area contributed by atoms with Crippen molar-refractivity contribution in [3.8, 4) is 0 Å². The smallest absolute Gasteiger partial charge is 0.246 e. The number of hydrogen-bond donors (Lipinski definition) is 1. The SMILES string of the molecule is CN1C(CO)C(=O)N(c2ccccc2)CC1(C)C. The predicted molar refractivity (Wildman–Crippen MR) is 71.5 cm³/mol. The van der Waals surface area contributed by atoms with Crippen LogP contribution < -0.4 is 4.90 Å². The van der Waals surface area contributed by atoms with Gasteiger partial charge in [0, 0.05) is 17.8 Å². The largest absolute Gasteiger partial charge is 0.394 e. The second-order valence-corrected chi connectivity index (χ2v) is 5.38. The third kappa shape index (κ3) is 2.13. The lowest BCUT2D eigenvalue weighted by Crippen LogP contribution is -2.66. The first-order valence-electron chi connectivity index (χ1n) is 6.17. The third-order valence-electron chi connectivity index (χ3n) is 3.76. The average molecular weight is 248 g/mol. The lowest BCUT2D eigenvalue weighted by molar-refractivity contribution is -0.131. The van der Waals surface area contributed by atoms with E-state index in [1.165, 1.54) is 0 Å². The van der Waals surface area contributed by atoms with Gasteiger partial charge in [-0.05, 0) is 33.0 Å². The van der Waals surface area contributed by atoms with Crippen LogP contribution in [0.5, 0.6) is 0 Å². The Bertz CT molecular complexity index is 431. The minimum atomic E-state index is -0.464. The first-order valence-corrected chi connectivity index (χ1v) is 6.17. The van der Waals surface area contributed by atoms with Gasteiger partial charge in [0.1, 0.15) is 6.04 Å². The van der Waals surface area contributed by atoms with E-state index in [9.17, 15) is 9.90 Å². The summed E-state index contributed by atoms with van der Waals surface area (Å²) < 4.78 is 0. The number of aliphatic hydroxyl groups is 1. The van der Waals surface area contributed by atoms with Crippen molar-refractivity contribution < 1.29 is 9.90 Å². The second-order valence-electron chi connectivity index (χ2n) is 5.38. The highest BCUT2D eigenvalue weighted by Gasteiger charge is 2.43. The van der Waals surface area contributed by atoms with Gasteiger partial charge in [0.05, 0.1) is 6.61 Å². The van der Waals surface area contributed by atoms with Crippen LogP contribution in [0.25, 0.3) is 0 Å². The zero-order valence-corrected chi connectivity index (χ0v) is 11.1. The van der Waals surface area contributed by atoms with Gasteiger partial charge in [-0.25, -0.2) is 0 Å². The van der Waals surface area contributed by atoms with Gasteiger partial charge in [0.15, 0.2) is 0 Å². The van der Waals surface area contributed by atoms with Crippen LogP contribution in [0.15, 0.2) is 30.3 Å². The fraction of sp³-hybridized carbons (Fsp3) is 0.500. The number of anilines is 1. The molecule has 1 amide bonds. The van der Waals surface area contributed by atoms with Crippen molar-refractivity contribution in [3.63, 3.8) is 0 Å². The number of hydrogen-bond acceptors (Lipinski definition) is 3. The minimum Gasteiger partial charge on any atom is -0.394 e. The van der Waals surface area contributed by atoms with Crippen molar-refractivity contribution in [2.75, 3.05) is 25.1 Å². The van der Waals surface area contributed by atoms with Gasteiger partial charge in [-0.15, -0.1) is 0 Å². The molecule has 4 nitrogen and oxygen atoms in total. The molecule has 1 saturated heterocycles. The quantitative estimate of drug-likeness (QED) is 0.852. The number of carbonyl (C=O) groups is 1. The standard InChI is InChI=1S/C14H20N2O2/c1-14(2)10-16(11-7-5-4-6-8-11)13(18)12(9-17)15(14)3/h4-8,12,17H,9-10H2,1-3H3. The fourth-order valence-electron chi connectivity index (χ4n) is 2.37. The number of rotatable bonds is 2. The van der Waals surface area contributed by atoms with Crippen molar-refractivity contribution in [2.24, 2.45) is 0 Å². The van der Waals surface area contributed by atoms with Gasteiger partial charge < -0.3 is 10.0 Å². The molecule has 0 aromatic heterocycles. The topological polar surface area (TPSA) is 43.8 Å². The van der Waals surface area contributed by atoms with Gasteiger partial charge in [0.25, 0.3) is 0 Å². The van der Waals surface area contributed by atoms with Crippen LogP contribution >= 0.6 is 0 Å². The molecule has 0 spiro atoms. The molecule has 4 heteroatoms. The molecule has 1 fully saturated rings. The zero-order valence-electron chi connectivity index (χ0n) is 11.1. The number of nitrogens with zero attached hydrogens (tertiary/aromatic N) is 2. The maximum atomic E-state index is 12.4. The molecule has 1 heterocycles. The molecule has 2 rings (SSSR count). The Labute approximate surface area is 108 Å². The van der Waals surface area contributed by atoms with E-state index in [0.29, 0.717) is 6.54 Å². The molecule has 1 aliphatic rings. The van der Waals surface area contributed by atoms with E-state index in [1.807, 2.05) is 42.3 Å². The number of amides is 1. The Morgan fingerprint density at radius 3 is 2.50 bits per heavy atom. The van der Waals surface area contributed by atoms with Crippen LogP contribution in [-0.4, -0.2) is 47.7 Å². The maximum absolute atomic E-state index is 12.4. The highest BCUT2D eigenvalue weighted by Crippen LogP contribution is 2.28. The Balaban J connectivity index is 2.35. The van der Waals surface area contributed by atoms with Gasteiger partial charge in [-0.2, -0.15) is 0 Å². The first-order chi connectivity index (χ1) is 8.47. The highest BCUT2D eigenvalue weighted by atomic mass is 16.3. The summed E-state index contributed by atoms with van der Waals surface area (Å²) in [6.07, 6.45) is 0. The predicted octanol–water partition coefficient (Wildman–Crippen LogP) is 1.10. The molecule has 1 aromatic carbocycles. The normalized spacial score (nSPS) is 24.3. The molecule has 0 aliphatic carbocycles. The summed E-state index contributed by atoms with van der Waals surface area (Å²) in [4.78, 5) is 16.1. The van der Waals surface area contributed by atoms with Gasteiger partial charge in [0.2, 0.25) is 5.91 Å². The Hall–Kier alpha value is -1.39. The summed E-state index contributed by atoms with van der Waals surface area (Å²) >= 11 is 0. The zero-order chi connectivity index (χ0) is 13.3.